The van der Waals surface area contributed by atoms with Gasteiger partial charge in [-0.2, -0.15) is 0 Å². The first kappa shape index (κ1) is 40.3. The van der Waals surface area contributed by atoms with Gasteiger partial charge >= 0.3 is 0 Å². The second-order valence-electron chi connectivity index (χ2n) is 15.3. The summed E-state index contributed by atoms with van der Waals surface area (Å²) in [6.07, 6.45) is 7.62. The van der Waals surface area contributed by atoms with Crippen molar-refractivity contribution in [1.29, 1.82) is 0 Å². The van der Waals surface area contributed by atoms with Crippen LogP contribution in [0.1, 0.15) is 43.0 Å². The molecule has 0 saturated heterocycles. The first-order valence-corrected chi connectivity index (χ1v) is 23.0. The molecule has 0 atom stereocenters. The van der Waals surface area contributed by atoms with Crippen LogP contribution < -0.4 is 9.80 Å². The lowest BCUT2D eigenvalue weighted by Gasteiger charge is -2.25. The van der Waals surface area contributed by atoms with Crippen molar-refractivity contribution in [3.8, 4) is 0 Å². The molecule has 0 N–H and O–H groups in total. The number of Topliss-reactive ketones (excluding diaryl/α,β-unsaturated/α-hetero) is 2. The number of benzene rings is 8. The third-order valence-electron chi connectivity index (χ3n) is 11.2. The first-order chi connectivity index (χ1) is 31.3. The van der Waals surface area contributed by atoms with Gasteiger partial charge in [0.2, 0.25) is 21.4 Å². The number of sulfone groups is 1. The van der Waals surface area contributed by atoms with Crippen LogP contribution in [0.4, 0.5) is 34.1 Å². The molecule has 0 aliphatic carbocycles. The minimum Gasteiger partial charge on any atom is -0.311 e. The fourth-order valence-corrected chi connectivity index (χ4v) is 10.6. The average Bonchev–Trinajstić information content (AvgIpc) is 3.75. The molecule has 2 aliphatic heterocycles. The lowest BCUT2D eigenvalue weighted by Crippen LogP contribution is -2.09. The monoisotopic (exact) mass is 866 g/mol. The summed E-state index contributed by atoms with van der Waals surface area (Å²) < 4.78 is 26.4. The number of hydrogen-bond acceptors (Lipinski definition) is 7. The van der Waals surface area contributed by atoms with Gasteiger partial charge in [-0.1, -0.05) is 133 Å². The molecule has 0 spiro atoms. The van der Waals surface area contributed by atoms with Gasteiger partial charge in [-0.3, -0.25) is 9.59 Å². The highest BCUT2D eigenvalue weighted by Gasteiger charge is 2.38. The number of anilines is 6. The van der Waals surface area contributed by atoms with Gasteiger partial charge in [0.1, 0.15) is 4.91 Å². The summed E-state index contributed by atoms with van der Waals surface area (Å²) in [5.41, 5.74) is 10.5. The van der Waals surface area contributed by atoms with Gasteiger partial charge in [0.25, 0.3) is 0 Å². The third kappa shape index (κ3) is 7.92. The largest absolute Gasteiger partial charge is 0.311 e. The van der Waals surface area contributed by atoms with Crippen LogP contribution in [0.3, 0.4) is 0 Å². The van der Waals surface area contributed by atoms with Gasteiger partial charge in [-0.15, -0.1) is 0 Å². The van der Waals surface area contributed by atoms with Crippen molar-refractivity contribution in [3.05, 3.63) is 249 Å². The highest BCUT2D eigenvalue weighted by atomic mass is 32.2. The summed E-state index contributed by atoms with van der Waals surface area (Å²) in [7, 11) is -3.89. The Kier molecular flexibility index (Phi) is 10.8. The van der Waals surface area contributed by atoms with Crippen molar-refractivity contribution in [2.75, 3.05) is 9.80 Å². The second-order valence-corrected chi connectivity index (χ2v) is 18.3. The number of nitrogens with zero attached hydrogens (tertiary/aromatic N) is 2. The molecule has 308 valence electrons. The van der Waals surface area contributed by atoms with E-state index in [2.05, 4.69) is 107 Å². The number of fused-ring (bicyclic) bond motifs is 2. The van der Waals surface area contributed by atoms with Crippen molar-refractivity contribution < 1.29 is 18.0 Å². The van der Waals surface area contributed by atoms with E-state index >= 15 is 0 Å². The smallest absolute Gasteiger partial charge is 0.211 e. The number of carbonyl (C=O) groups excluding carboxylic acids is 2. The number of carbonyl (C=O) groups is 2. The van der Waals surface area contributed by atoms with Crippen LogP contribution in [-0.4, -0.2) is 20.0 Å². The zero-order chi connectivity index (χ0) is 43.6. The normalized spacial score (nSPS) is 15.1. The predicted octanol–water partition coefficient (Wildman–Crippen LogP) is 14.1. The zero-order valence-electron chi connectivity index (χ0n) is 34.3. The highest BCUT2D eigenvalue weighted by Crippen LogP contribution is 2.42. The van der Waals surface area contributed by atoms with E-state index in [0.717, 1.165) is 66.2 Å². The second kappa shape index (κ2) is 17.2. The SMILES string of the molecule is O=C1C(=Cc2ccc(N(c3ccccc3)c3ccc(C=Cc4ccc(N(c5ccccc5)c5ccc(C=C6C(=O)c7ccccc7S6(=O)=O)cc5)cc4)cc3)cc2)Sc2ccccc21. The molecule has 0 aromatic heterocycles. The molecule has 8 heteroatoms. The Bertz CT molecular complexity index is 3250. The number of para-hydroxylation sites is 2. The molecule has 10 rings (SSSR count). The van der Waals surface area contributed by atoms with E-state index in [-0.39, 0.29) is 21.1 Å². The van der Waals surface area contributed by atoms with Crippen molar-refractivity contribution in [1.82, 2.24) is 0 Å². The zero-order valence-corrected chi connectivity index (χ0v) is 35.9. The maximum absolute atomic E-state index is 13.2. The van der Waals surface area contributed by atoms with Crippen molar-refractivity contribution in [2.45, 2.75) is 9.79 Å². The fraction of sp³-hybridized carbons (Fsp3) is 0. The number of rotatable bonds is 10. The van der Waals surface area contributed by atoms with E-state index in [1.165, 1.54) is 23.9 Å². The molecule has 64 heavy (non-hydrogen) atoms. The lowest BCUT2D eigenvalue weighted by atomic mass is 10.1. The first-order valence-electron chi connectivity index (χ1n) is 20.7. The molecule has 0 amide bonds. The Morgan fingerprint density at radius 1 is 0.375 bits per heavy atom. The average molecular weight is 867 g/mol. The minimum atomic E-state index is -3.89. The Hall–Kier alpha value is -7.78. The Balaban J connectivity index is 0.862. The summed E-state index contributed by atoms with van der Waals surface area (Å²) >= 11 is 1.52. The number of allylic oxidation sites excluding steroid dienone is 2. The van der Waals surface area contributed by atoms with E-state index in [1.807, 2.05) is 103 Å². The minimum absolute atomic E-state index is 0.0548. The standard InChI is InChI=1S/C56H38N2O4S2/c59-55-49-15-7-9-17-51(49)63-52(55)37-41-25-33-47(34-26-41)57(43-11-3-1-4-12-43)45-29-21-39(22-30-45)19-20-40-23-31-46(32-24-40)58(44-13-5-2-6-14-44)48-35-27-42(28-36-48)38-54-56(60)50-16-8-10-18-53(50)64(54,61)62/h1-38H. The number of thioether (sulfide) groups is 1. The molecule has 2 heterocycles. The van der Waals surface area contributed by atoms with Crippen LogP contribution >= 0.6 is 11.8 Å². The summed E-state index contributed by atoms with van der Waals surface area (Å²) in [5.74, 6) is -0.412. The van der Waals surface area contributed by atoms with Crippen LogP contribution in [0.2, 0.25) is 0 Å². The van der Waals surface area contributed by atoms with Gasteiger partial charge in [-0.05, 0) is 131 Å². The third-order valence-corrected chi connectivity index (χ3v) is 14.1. The van der Waals surface area contributed by atoms with Gasteiger partial charge in [0, 0.05) is 50.1 Å². The van der Waals surface area contributed by atoms with Gasteiger partial charge in [0.05, 0.1) is 9.80 Å². The Morgan fingerprint density at radius 3 is 1.23 bits per heavy atom. The van der Waals surface area contributed by atoms with E-state index in [9.17, 15) is 18.0 Å². The molecule has 6 nitrogen and oxygen atoms in total. The molecule has 8 aromatic rings. The van der Waals surface area contributed by atoms with Crippen LogP contribution in [0.25, 0.3) is 24.3 Å². The van der Waals surface area contributed by atoms with E-state index in [4.69, 9.17) is 0 Å². The number of hydrogen-bond donors (Lipinski definition) is 0. The molecule has 8 aromatic carbocycles. The van der Waals surface area contributed by atoms with Crippen LogP contribution in [0, 0.1) is 0 Å². The van der Waals surface area contributed by atoms with Crippen LogP contribution in [0.15, 0.2) is 226 Å². The maximum atomic E-state index is 13.2. The number of ketones is 2. The summed E-state index contributed by atoms with van der Waals surface area (Å²) in [6, 6.07) is 67.0. The Morgan fingerprint density at radius 2 is 0.766 bits per heavy atom. The maximum Gasteiger partial charge on any atom is 0.211 e. The van der Waals surface area contributed by atoms with E-state index < -0.39 is 15.6 Å². The molecular weight excluding hydrogens is 829 g/mol. The predicted molar refractivity (Wildman–Crippen MR) is 262 cm³/mol. The molecule has 2 aliphatic rings. The highest BCUT2D eigenvalue weighted by molar-refractivity contribution is 8.04. The summed E-state index contributed by atoms with van der Waals surface area (Å²) in [4.78, 5) is 32.0. The molecular formula is C56H38N2O4S2. The van der Waals surface area contributed by atoms with E-state index in [1.54, 1.807) is 18.2 Å². The van der Waals surface area contributed by atoms with Gasteiger partial charge in [0.15, 0.2) is 0 Å². The van der Waals surface area contributed by atoms with Crippen molar-refractivity contribution >= 4 is 91.6 Å². The lowest BCUT2D eigenvalue weighted by molar-refractivity contribution is 0.103. The van der Waals surface area contributed by atoms with Crippen LogP contribution in [0.5, 0.6) is 0 Å². The van der Waals surface area contributed by atoms with Gasteiger partial charge < -0.3 is 9.80 Å². The molecule has 0 fully saturated rings. The quantitative estimate of drug-likeness (QED) is 0.100. The molecule has 0 saturated carbocycles. The molecule has 0 radical (unpaired) electrons. The summed E-state index contributed by atoms with van der Waals surface area (Å²) in [6.45, 7) is 0. The van der Waals surface area contributed by atoms with Gasteiger partial charge in [-0.25, -0.2) is 8.42 Å². The topological polar surface area (TPSA) is 74.8 Å². The van der Waals surface area contributed by atoms with Crippen molar-refractivity contribution in [2.24, 2.45) is 0 Å². The van der Waals surface area contributed by atoms with E-state index in [0.29, 0.717) is 5.56 Å². The fourth-order valence-electron chi connectivity index (χ4n) is 7.99. The van der Waals surface area contributed by atoms with Crippen molar-refractivity contribution in [3.63, 3.8) is 0 Å². The molecule has 0 unspecified atom stereocenters. The molecule has 0 bridgehead atoms. The Labute approximate surface area is 376 Å². The summed E-state index contributed by atoms with van der Waals surface area (Å²) in [5, 5.41) is 0. The van der Waals surface area contributed by atoms with Crippen LogP contribution in [-0.2, 0) is 9.84 Å².